The van der Waals surface area contributed by atoms with Gasteiger partial charge in [0.2, 0.25) is 47.3 Å². The highest BCUT2D eigenvalue weighted by Gasteiger charge is 2.51. The van der Waals surface area contributed by atoms with E-state index in [0.717, 1.165) is 62.5 Å². The van der Waals surface area contributed by atoms with E-state index in [4.69, 9.17) is 18.9 Å². The maximum Gasteiger partial charge on any atom is 0.268 e. The van der Waals surface area contributed by atoms with Gasteiger partial charge in [0.05, 0.1) is 104 Å². The van der Waals surface area contributed by atoms with Gasteiger partial charge in [0.15, 0.2) is 0 Å². The lowest BCUT2D eigenvalue weighted by atomic mass is 9.99. The average molecular weight is 1620 g/mol. The Morgan fingerprint density at radius 1 is 0.530 bits per heavy atom. The van der Waals surface area contributed by atoms with Crippen molar-refractivity contribution >= 4 is 59.1 Å². The van der Waals surface area contributed by atoms with E-state index in [9.17, 15) is 71.6 Å². The second-order valence-electron chi connectivity index (χ2n) is 29.3. The average Bonchev–Trinajstić information content (AvgIpc) is 1.66. The quantitative estimate of drug-likeness (QED) is 0.0256. The monoisotopic (exact) mass is 1620 g/mol. The summed E-state index contributed by atoms with van der Waals surface area (Å²) in [5.74, 6) is -8.18. The molecule has 10 amide bonds. The van der Waals surface area contributed by atoms with Crippen molar-refractivity contribution in [2.24, 2.45) is 11.8 Å². The third-order valence-corrected chi connectivity index (χ3v) is 20.9. The lowest BCUT2D eigenvalue weighted by Crippen LogP contribution is -2.46. The van der Waals surface area contributed by atoms with Crippen LogP contribution in [0.5, 0.6) is 0 Å². The lowest BCUT2D eigenvalue weighted by Gasteiger charge is -2.22. The van der Waals surface area contributed by atoms with Gasteiger partial charge in [0.1, 0.15) is 41.7 Å². The summed E-state index contributed by atoms with van der Waals surface area (Å²) in [6.45, 7) is 7.29. The normalized spacial score (nSPS) is 19.5. The number of nitrogens with one attached hydrogen (secondary N) is 8. The van der Waals surface area contributed by atoms with Crippen molar-refractivity contribution in [2.75, 3.05) is 119 Å². The number of amides is 10. The summed E-state index contributed by atoms with van der Waals surface area (Å²) >= 11 is 0. The number of carbonyl (C=O) groups is 10. The number of halogens is 3. The molecule has 622 valence electrons. The van der Waals surface area contributed by atoms with Gasteiger partial charge in [-0.15, -0.1) is 10.2 Å². The number of hydrogen-bond acceptors (Lipinski definition) is 22. The highest BCUT2D eigenvalue weighted by molar-refractivity contribution is 5.97. The molecule has 117 heavy (non-hydrogen) atoms. The van der Waals surface area contributed by atoms with Gasteiger partial charge in [0.25, 0.3) is 17.7 Å². The van der Waals surface area contributed by atoms with Crippen LogP contribution in [0, 0.1) is 34.5 Å². The molecule has 37 heteroatoms. The van der Waals surface area contributed by atoms with E-state index in [1.807, 2.05) is 62.8 Å². The zero-order valence-corrected chi connectivity index (χ0v) is 65.2. The molecule has 6 aromatic rings. The first-order chi connectivity index (χ1) is 56.6. The van der Waals surface area contributed by atoms with Crippen molar-refractivity contribution in [1.82, 2.24) is 92.1 Å². The van der Waals surface area contributed by atoms with Crippen LogP contribution in [0.25, 0.3) is 22.5 Å². The molecule has 8 heterocycles. The first-order valence-electron chi connectivity index (χ1n) is 39.1. The molecule has 0 saturated carbocycles. The molecule has 34 nitrogen and oxygen atoms in total. The molecule has 0 bridgehead atoms. The summed E-state index contributed by atoms with van der Waals surface area (Å²) in [5, 5.41) is 58.1. The molecule has 0 aliphatic carbocycles. The molecular formula is C80H97F3N20O14. The van der Waals surface area contributed by atoms with Crippen LogP contribution in [0.15, 0.2) is 97.3 Å². The fraction of sp³-hybridized carbons (Fsp3) is 0.500. The highest BCUT2D eigenvalue weighted by atomic mass is 19.3. The zero-order chi connectivity index (χ0) is 83.0. The van der Waals surface area contributed by atoms with E-state index in [1.165, 1.54) is 4.90 Å². The number of carbonyl (C=O) groups excluding carboxylic acids is 10. The number of ether oxygens (including phenoxy) is 4. The van der Waals surface area contributed by atoms with Crippen LogP contribution in [0.3, 0.4) is 0 Å². The van der Waals surface area contributed by atoms with E-state index >= 15 is 0 Å². The number of benzene rings is 4. The molecule has 4 fully saturated rings. The molecule has 6 aliphatic rings. The van der Waals surface area contributed by atoms with E-state index < -0.39 is 84.7 Å². The van der Waals surface area contributed by atoms with Gasteiger partial charge >= 0.3 is 0 Å². The first kappa shape index (κ1) is 86.3. The number of likely N-dealkylation sites (tertiary alicyclic amines) is 2. The highest BCUT2D eigenvalue weighted by Crippen LogP contribution is 2.36. The Morgan fingerprint density at radius 3 is 1.39 bits per heavy atom. The van der Waals surface area contributed by atoms with Gasteiger partial charge in [-0.1, -0.05) is 71.1 Å². The Morgan fingerprint density at radius 2 is 0.957 bits per heavy atom. The van der Waals surface area contributed by atoms with Crippen LogP contribution in [-0.2, 0) is 96.6 Å². The molecule has 4 aromatic carbocycles. The van der Waals surface area contributed by atoms with E-state index in [0.29, 0.717) is 108 Å². The van der Waals surface area contributed by atoms with Crippen molar-refractivity contribution in [3.8, 4) is 34.7 Å². The van der Waals surface area contributed by atoms with E-state index in [-0.39, 0.29) is 120 Å². The Bertz CT molecular complexity index is 4590. The molecule has 2 aromatic heterocycles. The molecular weight excluding hydrogens is 1520 g/mol. The number of aromatic nitrogens is 6. The third-order valence-electron chi connectivity index (χ3n) is 20.9. The lowest BCUT2D eigenvalue weighted by molar-refractivity contribution is -0.136. The number of likely N-dealkylation sites (N-methyl/N-ethyl adjacent to an activating group) is 2. The number of nitriles is 2. The number of hydrogen-bond donors (Lipinski definition) is 8. The predicted molar refractivity (Wildman–Crippen MR) is 412 cm³/mol. The summed E-state index contributed by atoms with van der Waals surface area (Å²) in [6, 6.07) is 25.1. The second-order valence-corrected chi connectivity index (χ2v) is 29.3. The van der Waals surface area contributed by atoms with Crippen LogP contribution in [-0.4, -0.2) is 264 Å². The fourth-order valence-electron chi connectivity index (χ4n) is 14.6. The van der Waals surface area contributed by atoms with Gasteiger partial charge < -0.3 is 81.1 Å². The number of fused-ring (bicyclic) bond motifs is 2. The Balaban J connectivity index is 0.000000230. The third kappa shape index (κ3) is 23.8. The SMILES string of the molecule is CNCCOCCOCCC(=O)NCCNC(=O)c1ccc(-c2cn(Cc3cccc4c3CN(C(=O)C[C@@H]3C[C@@H](C(=O)N5CC(F)(F)C[C@H]5C#N)NC3=O)C4)nn2)cc1.CNCCOCCOCCC(=O)NCCNC(=O)c1ccc(-c2cn(Cc3cccc4c3CN(C(=O)C[C@@H]3C[C@@H](C(=O)N5C[C@@H](F)C[C@H]5C#N)NC3=O)C4)nn2)cc1. The van der Waals surface area contributed by atoms with Crippen molar-refractivity contribution in [3.05, 3.63) is 142 Å². The topological polar surface area (TPSA) is 426 Å². The predicted octanol–water partition coefficient (Wildman–Crippen LogP) is 1.66. The van der Waals surface area contributed by atoms with E-state index in [1.54, 1.807) is 80.0 Å². The summed E-state index contributed by atoms with van der Waals surface area (Å²) in [4.78, 5) is 133. The van der Waals surface area contributed by atoms with Crippen molar-refractivity contribution in [3.63, 3.8) is 0 Å². The van der Waals surface area contributed by atoms with Crippen LogP contribution in [0.4, 0.5) is 13.2 Å². The molecule has 0 spiro atoms. The minimum absolute atomic E-state index is 0.0201. The Hall–Kier alpha value is -11.6. The minimum atomic E-state index is -3.17. The van der Waals surface area contributed by atoms with E-state index in [2.05, 4.69) is 63.2 Å². The molecule has 8 N–H and O–H groups in total. The summed E-state index contributed by atoms with van der Waals surface area (Å²) < 4.78 is 66.7. The molecule has 6 aliphatic heterocycles. The molecule has 4 saturated heterocycles. The number of nitrogens with zero attached hydrogens (tertiary/aromatic N) is 12. The van der Waals surface area contributed by atoms with Crippen LogP contribution < -0.4 is 42.5 Å². The maximum absolute atomic E-state index is 13.9. The summed E-state index contributed by atoms with van der Waals surface area (Å²) in [5.41, 5.74) is 9.46. The van der Waals surface area contributed by atoms with Gasteiger partial charge in [-0.25, -0.2) is 22.5 Å². The Labute approximate surface area is 673 Å². The number of rotatable bonds is 38. The van der Waals surface area contributed by atoms with Crippen LogP contribution in [0.2, 0.25) is 0 Å². The largest absolute Gasteiger partial charge is 0.379 e. The Kier molecular flexibility index (Phi) is 30.8. The smallest absolute Gasteiger partial charge is 0.268 e. The van der Waals surface area contributed by atoms with Gasteiger partial charge in [-0.2, -0.15) is 10.5 Å². The standard InChI is InChI=1S/C40H48F2N10O7.C40H49FN10O7/c1-44-12-14-59-16-15-58-13-9-35(53)45-10-11-46-37(55)27-7-5-26(6-8-27)34-24-51(49-48-34)22-29-4-2-3-28-21-50(23-32(28)29)36(54)18-30-17-33(47-38(30)56)39(57)52-25-40(41,42)19-31(52)20-43;1-43-12-14-58-16-15-57-13-9-36(52)44-10-11-45-38(54)27-7-5-26(6-8-27)35-25-50(48-47-35)22-29-4-2-3-28-21-49(24-33(28)29)37(53)18-30-17-34(46-39(30)55)40(56)51-23-31(41)19-32(51)20-42/h2-8,24,30-31,33,44H,9-19,21-23,25H2,1H3,(H,45,53)(H,46,55)(H,47,56);2-8,25,30-32,34,43H,9-19,21-24H2,1H3,(H,44,52)(H,45,54)(H,46,55)/t30-,31-,33-;30-,31-,32-,34-/m00/s1. The number of alkyl halides is 3. The molecule has 12 rings (SSSR count). The van der Waals surface area contributed by atoms with Gasteiger partial charge in [0, 0.05) is 138 Å². The molecule has 0 radical (unpaired) electrons. The molecule has 0 unspecified atom stereocenters. The second kappa shape index (κ2) is 41.8. The summed E-state index contributed by atoms with van der Waals surface area (Å²) in [6.07, 6.45) is 1.84. The van der Waals surface area contributed by atoms with Crippen molar-refractivity contribution in [1.29, 1.82) is 10.5 Å². The summed E-state index contributed by atoms with van der Waals surface area (Å²) in [7, 11) is 3.70. The van der Waals surface area contributed by atoms with Crippen LogP contribution >= 0.6 is 0 Å². The first-order valence-corrected chi connectivity index (χ1v) is 39.1. The maximum atomic E-state index is 13.9. The van der Waals surface area contributed by atoms with Gasteiger partial charge in [-0.05, 0) is 84.6 Å². The van der Waals surface area contributed by atoms with Crippen molar-refractivity contribution < 1.29 is 80.1 Å². The van der Waals surface area contributed by atoms with Crippen LogP contribution in [0.1, 0.15) is 105 Å². The van der Waals surface area contributed by atoms with Gasteiger partial charge in [-0.3, -0.25) is 47.9 Å². The van der Waals surface area contributed by atoms with Crippen molar-refractivity contribution in [2.45, 2.75) is 127 Å². The molecule has 7 atom stereocenters. The minimum Gasteiger partial charge on any atom is -0.379 e. The zero-order valence-electron chi connectivity index (χ0n) is 65.2. The fourth-order valence-corrected chi connectivity index (χ4v) is 14.6.